The summed E-state index contributed by atoms with van der Waals surface area (Å²) in [6.45, 7) is 1.84. The van der Waals surface area contributed by atoms with Crippen molar-refractivity contribution in [1.29, 1.82) is 0 Å². The highest BCUT2D eigenvalue weighted by atomic mass is 32.2. The maximum atomic E-state index is 13.7. The molecule has 1 aromatic carbocycles. The van der Waals surface area contributed by atoms with Gasteiger partial charge in [-0.3, -0.25) is 0 Å². The van der Waals surface area contributed by atoms with Gasteiger partial charge in [-0.1, -0.05) is 0 Å². The zero-order chi connectivity index (χ0) is 15.6. The van der Waals surface area contributed by atoms with Crippen LogP contribution in [0.25, 0.3) is 0 Å². The molecule has 114 valence electrons. The summed E-state index contributed by atoms with van der Waals surface area (Å²) in [5.41, 5.74) is 2.49. The number of sulfonamides is 1. The van der Waals surface area contributed by atoms with Crippen LogP contribution in [0.2, 0.25) is 0 Å². The zero-order valence-corrected chi connectivity index (χ0v) is 12.6. The van der Waals surface area contributed by atoms with Crippen molar-refractivity contribution in [2.45, 2.75) is 18.2 Å². The van der Waals surface area contributed by atoms with Gasteiger partial charge in [0.15, 0.2) is 11.6 Å². The molecule has 0 spiro atoms. The third-order valence-electron chi connectivity index (χ3n) is 2.70. The third kappa shape index (κ3) is 3.74. The van der Waals surface area contributed by atoms with E-state index in [1.165, 1.54) is 11.3 Å². The highest BCUT2D eigenvalue weighted by Gasteiger charge is 2.21. The first-order chi connectivity index (χ1) is 9.79. The van der Waals surface area contributed by atoms with E-state index in [-0.39, 0.29) is 6.61 Å². The van der Waals surface area contributed by atoms with Gasteiger partial charge in [-0.2, -0.15) is 0 Å². The van der Waals surface area contributed by atoms with Gasteiger partial charge in [0.2, 0.25) is 10.0 Å². The second-order valence-electron chi connectivity index (χ2n) is 4.22. The molecule has 0 aliphatic rings. The number of thiazole rings is 1. The molecule has 0 saturated heterocycles. The molecule has 0 aliphatic carbocycles. The Kier molecular flexibility index (Phi) is 4.55. The van der Waals surface area contributed by atoms with Crippen molar-refractivity contribution in [3.8, 4) is 5.75 Å². The number of aryl methyl sites for hydroxylation is 1. The summed E-state index contributed by atoms with van der Waals surface area (Å²) in [5, 5.41) is 4.94. The van der Waals surface area contributed by atoms with Gasteiger partial charge >= 0.3 is 0 Å². The van der Waals surface area contributed by atoms with Crippen LogP contribution in [-0.4, -0.2) is 20.0 Å². The Balaban J connectivity index is 2.22. The monoisotopic (exact) mass is 334 g/mol. The molecule has 1 heterocycles. The van der Waals surface area contributed by atoms with Crippen LogP contribution in [0.3, 0.4) is 0 Å². The Morgan fingerprint density at radius 1 is 1.38 bits per heavy atom. The van der Waals surface area contributed by atoms with Gasteiger partial charge in [0.25, 0.3) is 0 Å². The van der Waals surface area contributed by atoms with E-state index in [1.54, 1.807) is 5.51 Å². The summed E-state index contributed by atoms with van der Waals surface area (Å²) in [6, 6.07) is 1.17. The first kappa shape index (κ1) is 15.8. The average Bonchev–Trinajstić information content (AvgIpc) is 2.76. The quantitative estimate of drug-likeness (QED) is 0.906. The van der Waals surface area contributed by atoms with E-state index in [9.17, 15) is 17.2 Å². The summed E-state index contributed by atoms with van der Waals surface area (Å²) in [4.78, 5) is 4.28. The van der Waals surface area contributed by atoms with E-state index in [2.05, 4.69) is 4.98 Å². The normalized spacial score (nSPS) is 11.6. The van der Waals surface area contributed by atoms with Gasteiger partial charge in [0, 0.05) is 17.4 Å². The molecule has 0 saturated carbocycles. The van der Waals surface area contributed by atoms with Crippen LogP contribution in [0, 0.1) is 18.6 Å². The van der Waals surface area contributed by atoms with Crippen molar-refractivity contribution in [2.75, 3.05) is 6.61 Å². The number of hydrogen-bond acceptors (Lipinski definition) is 5. The standard InChI is InChI=1S/C12H12F2N2O3S2/c1-7-10(20-6-16-7)2-3-19-12-9(14)4-8(13)5-11(12)21(15,17)18/h4-6H,2-3H2,1H3,(H2,15,17,18). The highest BCUT2D eigenvalue weighted by molar-refractivity contribution is 7.89. The SMILES string of the molecule is Cc1ncsc1CCOc1c(F)cc(F)cc1S(N)(=O)=O. The van der Waals surface area contributed by atoms with Crippen LogP contribution in [0.1, 0.15) is 10.6 Å². The predicted molar refractivity (Wildman–Crippen MR) is 73.8 cm³/mol. The van der Waals surface area contributed by atoms with Crippen LogP contribution >= 0.6 is 11.3 Å². The molecule has 2 N–H and O–H groups in total. The van der Waals surface area contributed by atoms with Crippen LogP contribution in [-0.2, 0) is 16.4 Å². The summed E-state index contributed by atoms with van der Waals surface area (Å²) < 4.78 is 54.7. The van der Waals surface area contributed by atoms with Crippen LogP contribution in [0.4, 0.5) is 8.78 Å². The average molecular weight is 334 g/mol. The molecular weight excluding hydrogens is 322 g/mol. The Hall–Kier alpha value is -1.58. The van der Waals surface area contributed by atoms with Gasteiger partial charge in [-0.25, -0.2) is 27.3 Å². The topological polar surface area (TPSA) is 82.3 Å². The zero-order valence-electron chi connectivity index (χ0n) is 11.0. The van der Waals surface area contributed by atoms with Crippen molar-refractivity contribution in [1.82, 2.24) is 4.98 Å². The smallest absolute Gasteiger partial charge is 0.241 e. The highest BCUT2D eigenvalue weighted by Crippen LogP contribution is 2.28. The summed E-state index contributed by atoms with van der Waals surface area (Å²) in [6.07, 6.45) is 0.428. The Morgan fingerprint density at radius 3 is 2.67 bits per heavy atom. The number of hydrogen-bond donors (Lipinski definition) is 1. The third-order valence-corrected chi connectivity index (χ3v) is 4.61. The first-order valence-electron chi connectivity index (χ1n) is 5.82. The molecule has 0 atom stereocenters. The minimum Gasteiger partial charge on any atom is -0.489 e. The lowest BCUT2D eigenvalue weighted by atomic mass is 10.3. The van der Waals surface area contributed by atoms with Crippen LogP contribution in [0.15, 0.2) is 22.5 Å². The molecule has 2 rings (SSSR count). The van der Waals surface area contributed by atoms with E-state index in [4.69, 9.17) is 9.88 Å². The molecule has 0 amide bonds. The van der Waals surface area contributed by atoms with Crippen LogP contribution < -0.4 is 9.88 Å². The number of benzene rings is 1. The Labute approximate surface area is 124 Å². The lowest BCUT2D eigenvalue weighted by Crippen LogP contribution is -2.16. The number of nitrogens with two attached hydrogens (primary N) is 1. The van der Waals surface area contributed by atoms with Gasteiger partial charge < -0.3 is 4.74 Å². The van der Waals surface area contributed by atoms with E-state index < -0.39 is 32.3 Å². The van der Waals surface area contributed by atoms with E-state index >= 15 is 0 Å². The molecule has 0 radical (unpaired) electrons. The van der Waals surface area contributed by atoms with E-state index in [1.807, 2.05) is 6.92 Å². The molecule has 0 aliphatic heterocycles. The second-order valence-corrected chi connectivity index (χ2v) is 6.69. The summed E-state index contributed by atoms with van der Waals surface area (Å²) in [7, 11) is -4.29. The molecule has 0 unspecified atom stereocenters. The van der Waals surface area contributed by atoms with Crippen molar-refractivity contribution in [3.05, 3.63) is 39.8 Å². The molecule has 1 aromatic heterocycles. The fourth-order valence-corrected chi connectivity index (χ4v) is 3.15. The summed E-state index contributed by atoms with van der Waals surface area (Å²) >= 11 is 1.41. The van der Waals surface area contributed by atoms with Crippen molar-refractivity contribution >= 4 is 21.4 Å². The molecule has 0 bridgehead atoms. The maximum absolute atomic E-state index is 13.7. The maximum Gasteiger partial charge on any atom is 0.241 e. The Bertz CT molecular complexity index is 760. The number of aromatic nitrogens is 1. The molecule has 2 aromatic rings. The largest absolute Gasteiger partial charge is 0.489 e. The molecule has 9 heteroatoms. The summed E-state index contributed by atoms with van der Waals surface area (Å²) in [5.74, 6) is -2.72. The number of halogens is 2. The van der Waals surface area contributed by atoms with Gasteiger partial charge in [0.1, 0.15) is 10.7 Å². The minimum atomic E-state index is -4.29. The molecule has 0 fully saturated rings. The molecule has 5 nitrogen and oxygen atoms in total. The van der Waals surface area contributed by atoms with E-state index in [0.29, 0.717) is 18.6 Å². The second kappa shape index (κ2) is 6.04. The molecule has 21 heavy (non-hydrogen) atoms. The minimum absolute atomic E-state index is 0.0219. The van der Waals surface area contributed by atoms with Crippen LogP contribution in [0.5, 0.6) is 5.75 Å². The van der Waals surface area contributed by atoms with Crippen molar-refractivity contribution in [3.63, 3.8) is 0 Å². The van der Waals surface area contributed by atoms with Gasteiger partial charge in [-0.15, -0.1) is 11.3 Å². The lowest BCUT2D eigenvalue weighted by molar-refractivity contribution is 0.295. The number of rotatable bonds is 5. The molecular formula is C12H12F2N2O3S2. The fraction of sp³-hybridized carbons (Fsp3) is 0.250. The predicted octanol–water partition coefficient (Wildman–Crippen LogP) is 2.00. The number of nitrogens with zero attached hydrogens (tertiary/aromatic N) is 1. The number of primary sulfonamides is 1. The van der Waals surface area contributed by atoms with Gasteiger partial charge in [-0.05, 0) is 13.0 Å². The number of ether oxygens (including phenoxy) is 1. The van der Waals surface area contributed by atoms with Gasteiger partial charge in [0.05, 0.1) is 17.8 Å². The Morgan fingerprint density at radius 2 is 2.10 bits per heavy atom. The first-order valence-corrected chi connectivity index (χ1v) is 8.25. The van der Waals surface area contributed by atoms with E-state index in [0.717, 1.165) is 10.6 Å². The van der Waals surface area contributed by atoms with Crippen molar-refractivity contribution < 1.29 is 21.9 Å². The fourth-order valence-electron chi connectivity index (χ4n) is 1.70. The lowest BCUT2D eigenvalue weighted by Gasteiger charge is -2.11. The van der Waals surface area contributed by atoms with Crippen molar-refractivity contribution in [2.24, 2.45) is 5.14 Å².